The summed E-state index contributed by atoms with van der Waals surface area (Å²) in [5.41, 5.74) is 1.10. The predicted molar refractivity (Wildman–Crippen MR) is 68.3 cm³/mol. The van der Waals surface area contributed by atoms with Gasteiger partial charge in [-0.3, -0.25) is 0 Å². The highest BCUT2D eigenvalue weighted by Gasteiger charge is 2.21. The Balaban J connectivity index is 2.62. The fraction of sp³-hybridized carbons (Fsp3) is 0.538. The molecule has 0 spiro atoms. The summed E-state index contributed by atoms with van der Waals surface area (Å²) in [5.74, 6) is -0.430. The van der Waals surface area contributed by atoms with Gasteiger partial charge in [-0.05, 0) is 23.5 Å². The average molecular weight is 236 g/mol. The van der Waals surface area contributed by atoms with E-state index in [-0.39, 0.29) is 11.1 Å². The number of nitrogens with zero attached hydrogens (tertiary/aromatic N) is 1. The maximum atomic E-state index is 10.6. The maximum absolute atomic E-state index is 10.6. The molecule has 4 heteroatoms. The Hall–Kier alpha value is -1.58. The lowest BCUT2D eigenvalue weighted by Gasteiger charge is -2.29. The van der Waals surface area contributed by atoms with Crippen molar-refractivity contribution in [3.05, 3.63) is 24.0 Å². The molecule has 0 amide bonds. The van der Waals surface area contributed by atoms with E-state index < -0.39 is 5.97 Å². The number of carboxylic acid groups (broad SMARTS) is 1. The molecule has 1 aromatic heterocycles. The lowest BCUT2D eigenvalue weighted by molar-refractivity contribution is 0.0690. The Morgan fingerprint density at radius 3 is 2.53 bits per heavy atom. The van der Waals surface area contributed by atoms with Crippen LogP contribution in [0.5, 0.6) is 0 Å². The highest BCUT2D eigenvalue weighted by atomic mass is 16.4. The Kier molecular flexibility index (Phi) is 4.10. The summed E-state index contributed by atoms with van der Waals surface area (Å²) in [6, 6.07) is 3.25. The molecule has 2 N–H and O–H groups in total. The average Bonchev–Trinajstić information content (AvgIpc) is 2.27. The molecule has 0 aliphatic heterocycles. The van der Waals surface area contributed by atoms with Crippen LogP contribution in [0.25, 0.3) is 0 Å². The van der Waals surface area contributed by atoms with Gasteiger partial charge in [-0.1, -0.05) is 27.7 Å². The van der Waals surface area contributed by atoms with Crippen LogP contribution in [0.4, 0.5) is 5.69 Å². The first kappa shape index (κ1) is 13.5. The van der Waals surface area contributed by atoms with E-state index in [0.717, 1.165) is 12.2 Å². The number of hydrogen-bond acceptors (Lipinski definition) is 3. The van der Waals surface area contributed by atoms with Crippen LogP contribution in [-0.2, 0) is 0 Å². The minimum atomic E-state index is -1.00. The number of aromatic nitrogens is 1. The van der Waals surface area contributed by atoms with Gasteiger partial charge in [-0.15, -0.1) is 0 Å². The quantitative estimate of drug-likeness (QED) is 0.825. The van der Waals surface area contributed by atoms with Gasteiger partial charge in [0, 0.05) is 6.54 Å². The lowest BCUT2D eigenvalue weighted by Crippen LogP contribution is -2.28. The SMILES string of the molecule is CC(C)C(C)(C)CNc1ccc(C(=O)O)nc1. The van der Waals surface area contributed by atoms with E-state index in [0.29, 0.717) is 5.92 Å². The molecule has 1 rings (SSSR count). The second-order valence-corrected chi connectivity index (χ2v) is 5.23. The van der Waals surface area contributed by atoms with Crippen LogP contribution in [0.3, 0.4) is 0 Å². The second kappa shape index (κ2) is 5.17. The normalized spacial score (nSPS) is 11.6. The van der Waals surface area contributed by atoms with Crippen LogP contribution in [0.15, 0.2) is 18.3 Å². The highest BCUT2D eigenvalue weighted by Crippen LogP contribution is 2.26. The van der Waals surface area contributed by atoms with Gasteiger partial charge >= 0.3 is 5.97 Å². The van der Waals surface area contributed by atoms with Crippen molar-refractivity contribution >= 4 is 11.7 Å². The van der Waals surface area contributed by atoms with Gasteiger partial charge in [0.25, 0.3) is 0 Å². The number of rotatable bonds is 5. The van der Waals surface area contributed by atoms with Crippen molar-refractivity contribution in [3.63, 3.8) is 0 Å². The second-order valence-electron chi connectivity index (χ2n) is 5.23. The van der Waals surface area contributed by atoms with Crippen LogP contribution in [0, 0.1) is 11.3 Å². The van der Waals surface area contributed by atoms with Crippen molar-refractivity contribution in [2.45, 2.75) is 27.7 Å². The lowest BCUT2D eigenvalue weighted by atomic mass is 9.81. The summed E-state index contributed by atoms with van der Waals surface area (Å²) in [4.78, 5) is 14.5. The molecular formula is C13H20N2O2. The molecule has 0 atom stereocenters. The molecule has 0 aliphatic carbocycles. The third-order valence-corrected chi connectivity index (χ3v) is 3.29. The fourth-order valence-electron chi connectivity index (χ4n) is 1.16. The van der Waals surface area contributed by atoms with Gasteiger partial charge in [0.2, 0.25) is 0 Å². The largest absolute Gasteiger partial charge is 0.477 e. The zero-order valence-electron chi connectivity index (χ0n) is 10.8. The molecule has 0 bridgehead atoms. The topological polar surface area (TPSA) is 62.2 Å². The van der Waals surface area contributed by atoms with Gasteiger partial charge in [0.05, 0.1) is 11.9 Å². The molecule has 4 nitrogen and oxygen atoms in total. The number of hydrogen-bond donors (Lipinski definition) is 2. The molecule has 0 aliphatic rings. The van der Waals surface area contributed by atoms with Crippen molar-refractivity contribution < 1.29 is 9.90 Å². The minimum absolute atomic E-state index is 0.0682. The van der Waals surface area contributed by atoms with Gasteiger partial charge in [0.1, 0.15) is 5.69 Å². The minimum Gasteiger partial charge on any atom is -0.477 e. The monoisotopic (exact) mass is 236 g/mol. The fourth-order valence-corrected chi connectivity index (χ4v) is 1.16. The smallest absolute Gasteiger partial charge is 0.354 e. The summed E-state index contributed by atoms with van der Waals surface area (Å²) in [6.07, 6.45) is 1.56. The van der Waals surface area contributed by atoms with Crippen molar-refractivity contribution in [1.82, 2.24) is 4.98 Å². The molecule has 0 radical (unpaired) electrons. The first-order valence-electron chi connectivity index (χ1n) is 5.76. The Bertz CT molecular complexity index is 383. The Morgan fingerprint density at radius 2 is 2.12 bits per heavy atom. The maximum Gasteiger partial charge on any atom is 0.354 e. The van der Waals surface area contributed by atoms with E-state index in [1.807, 2.05) is 0 Å². The van der Waals surface area contributed by atoms with Gasteiger partial charge in [-0.2, -0.15) is 0 Å². The van der Waals surface area contributed by atoms with Crippen molar-refractivity contribution in [2.24, 2.45) is 11.3 Å². The van der Waals surface area contributed by atoms with Crippen molar-refractivity contribution in [1.29, 1.82) is 0 Å². The number of anilines is 1. The van der Waals surface area contributed by atoms with Gasteiger partial charge in [0.15, 0.2) is 0 Å². The van der Waals surface area contributed by atoms with Crippen LogP contribution < -0.4 is 5.32 Å². The summed E-state index contributed by atoms with van der Waals surface area (Å²) in [7, 11) is 0. The molecular weight excluding hydrogens is 216 g/mol. The molecule has 0 unspecified atom stereocenters. The third-order valence-electron chi connectivity index (χ3n) is 3.29. The molecule has 0 saturated heterocycles. The van der Waals surface area contributed by atoms with E-state index in [1.165, 1.54) is 6.07 Å². The van der Waals surface area contributed by atoms with E-state index in [4.69, 9.17) is 5.11 Å². The molecule has 1 heterocycles. The molecule has 17 heavy (non-hydrogen) atoms. The zero-order chi connectivity index (χ0) is 13.1. The molecule has 0 fully saturated rings. The van der Waals surface area contributed by atoms with Gasteiger partial charge < -0.3 is 10.4 Å². The molecule has 1 aromatic rings. The van der Waals surface area contributed by atoms with Gasteiger partial charge in [-0.25, -0.2) is 9.78 Å². The predicted octanol–water partition coefficient (Wildman–Crippen LogP) is 2.87. The number of aromatic carboxylic acids is 1. The van der Waals surface area contributed by atoms with Crippen LogP contribution in [0.1, 0.15) is 38.2 Å². The first-order valence-corrected chi connectivity index (χ1v) is 5.76. The molecule has 94 valence electrons. The zero-order valence-corrected chi connectivity index (χ0v) is 10.8. The Morgan fingerprint density at radius 1 is 1.47 bits per heavy atom. The van der Waals surface area contributed by atoms with Crippen LogP contribution >= 0.6 is 0 Å². The van der Waals surface area contributed by atoms with E-state index in [9.17, 15) is 4.79 Å². The standard InChI is InChI=1S/C13H20N2O2/c1-9(2)13(3,4)8-15-10-5-6-11(12(16)17)14-7-10/h5-7,9,15H,8H2,1-4H3,(H,16,17). The summed E-state index contributed by atoms with van der Waals surface area (Å²) >= 11 is 0. The van der Waals surface area contributed by atoms with E-state index in [1.54, 1.807) is 12.3 Å². The van der Waals surface area contributed by atoms with Crippen molar-refractivity contribution in [2.75, 3.05) is 11.9 Å². The van der Waals surface area contributed by atoms with E-state index >= 15 is 0 Å². The number of carbonyl (C=O) groups is 1. The highest BCUT2D eigenvalue weighted by molar-refractivity contribution is 5.85. The molecule has 0 saturated carbocycles. The first-order chi connectivity index (χ1) is 7.83. The van der Waals surface area contributed by atoms with Crippen LogP contribution in [0.2, 0.25) is 0 Å². The van der Waals surface area contributed by atoms with E-state index in [2.05, 4.69) is 38.0 Å². The van der Waals surface area contributed by atoms with Crippen LogP contribution in [-0.4, -0.2) is 22.6 Å². The number of carboxylic acids is 1. The summed E-state index contributed by atoms with van der Waals surface area (Å²) in [6.45, 7) is 9.60. The Labute approximate surface area is 102 Å². The number of nitrogens with one attached hydrogen (secondary N) is 1. The van der Waals surface area contributed by atoms with Crippen molar-refractivity contribution in [3.8, 4) is 0 Å². The number of pyridine rings is 1. The summed E-state index contributed by atoms with van der Waals surface area (Å²) in [5, 5.41) is 12.0. The third kappa shape index (κ3) is 3.73. The molecule has 0 aromatic carbocycles. The summed E-state index contributed by atoms with van der Waals surface area (Å²) < 4.78 is 0.